The summed E-state index contributed by atoms with van der Waals surface area (Å²) in [7, 11) is 0. The molecule has 0 aromatic carbocycles. The van der Waals surface area contributed by atoms with Crippen molar-refractivity contribution in [1.29, 1.82) is 0 Å². The molecule has 296 valence electrons. The van der Waals surface area contributed by atoms with Crippen molar-refractivity contribution >= 4 is 47.5 Å². The molecule has 2 saturated heterocycles. The van der Waals surface area contributed by atoms with Crippen molar-refractivity contribution in [3.05, 3.63) is 0 Å². The van der Waals surface area contributed by atoms with Gasteiger partial charge in [0.05, 0.1) is 5.25 Å². The first-order valence-electron chi connectivity index (χ1n) is 14.6. The van der Waals surface area contributed by atoms with E-state index in [1.807, 2.05) is 0 Å². The molecule has 0 radical (unpaired) electrons. The van der Waals surface area contributed by atoms with Crippen molar-refractivity contribution in [3.63, 3.8) is 0 Å². The van der Waals surface area contributed by atoms with E-state index in [0.29, 0.717) is 30.1 Å². The Kier molecular flexibility index (Phi) is 13.9. The highest BCUT2D eigenvalue weighted by Crippen LogP contribution is 2.57. The Morgan fingerprint density at radius 3 is 1.31 bits per heavy atom. The largest absolute Gasteiger partial charge is 0.460 e. The lowest BCUT2D eigenvalue weighted by Gasteiger charge is -2.41. The Morgan fingerprint density at radius 1 is 0.588 bits per heavy atom. The first kappa shape index (κ1) is 44.7. The molecular weight excluding hydrogens is 778 g/mol. The number of rotatable bonds is 11. The molecule has 10 nitrogen and oxygen atoms in total. The van der Waals surface area contributed by atoms with Gasteiger partial charge >= 0.3 is 53.1 Å². The standard InChI is InChI=1S/C25H32F14N6O4S2/c1-14(20(26,27)19(2,3)23(32,33)34)50-44-10-6-42(7-11-44)17(48)15(46)40-4-5-41-16(47)18(49)43-8-12-45(13-9-43)51-25(38,39)22(30,31)21(28,29)24(35,36)37/h14H,4-13H2,1-3H3,(H,40,46)(H,41,47). The maximum Gasteiger partial charge on any atom is 0.460 e. The number of hydrogen-bond donors (Lipinski definition) is 2. The van der Waals surface area contributed by atoms with Gasteiger partial charge in [-0.1, -0.05) is 11.9 Å². The molecule has 2 N–H and O–H groups in total. The number of carbonyl (C=O) groups excluding carboxylic acids is 4. The van der Waals surface area contributed by atoms with E-state index in [2.05, 4.69) is 10.6 Å². The molecule has 2 heterocycles. The van der Waals surface area contributed by atoms with Gasteiger partial charge in [-0.15, -0.1) is 0 Å². The van der Waals surface area contributed by atoms with Crippen molar-refractivity contribution in [2.75, 3.05) is 65.4 Å². The number of carbonyl (C=O) groups is 4. The van der Waals surface area contributed by atoms with Crippen LogP contribution in [-0.4, -0.2) is 148 Å². The van der Waals surface area contributed by atoms with Gasteiger partial charge in [-0.3, -0.25) is 19.2 Å². The predicted octanol–water partition coefficient (Wildman–Crippen LogP) is 3.84. The van der Waals surface area contributed by atoms with Crippen LogP contribution >= 0.6 is 23.9 Å². The maximum atomic E-state index is 14.6. The van der Waals surface area contributed by atoms with Gasteiger partial charge in [0.25, 0.3) is 5.92 Å². The first-order valence-corrected chi connectivity index (χ1v) is 16.2. The van der Waals surface area contributed by atoms with E-state index >= 15 is 0 Å². The average molecular weight is 811 g/mol. The lowest BCUT2D eigenvalue weighted by atomic mass is 9.83. The third-order valence-corrected chi connectivity index (χ3v) is 10.2. The molecule has 2 aliphatic heterocycles. The first-order chi connectivity index (χ1) is 22.9. The number of nitrogens with one attached hydrogen (secondary N) is 2. The molecule has 4 amide bonds. The Bertz CT molecular complexity index is 1270. The number of piperazine rings is 2. The minimum Gasteiger partial charge on any atom is -0.346 e. The highest BCUT2D eigenvalue weighted by Gasteiger charge is 2.82. The second kappa shape index (κ2) is 15.9. The fraction of sp³-hybridized carbons (Fsp3) is 0.840. The summed E-state index contributed by atoms with van der Waals surface area (Å²) in [6.07, 6.45) is -12.2. The SMILES string of the molecule is CC(SN1CCN(C(=O)C(=O)NCCNC(=O)C(=O)N2CCN(SC(F)(F)C(F)(F)C(F)(F)C(F)(F)F)CC2)CC1)C(F)(F)C(C)(C)C(F)(F)F. The van der Waals surface area contributed by atoms with E-state index in [-0.39, 0.29) is 26.2 Å². The molecule has 0 bridgehead atoms. The Labute approximate surface area is 289 Å². The van der Waals surface area contributed by atoms with Gasteiger partial charge in [-0.25, -0.2) is 17.4 Å². The quantitative estimate of drug-likeness (QED) is 0.141. The third kappa shape index (κ3) is 9.74. The summed E-state index contributed by atoms with van der Waals surface area (Å²) in [4.78, 5) is 51.0. The minimum atomic E-state index is -7.07. The fourth-order valence-corrected chi connectivity index (χ4v) is 6.50. The zero-order chi connectivity index (χ0) is 39.6. The fourth-order valence-electron chi connectivity index (χ4n) is 4.34. The van der Waals surface area contributed by atoms with Gasteiger partial charge < -0.3 is 20.4 Å². The Morgan fingerprint density at radius 2 is 0.961 bits per heavy atom. The maximum absolute atomic E-state index is 14.6. The van der Waals surface area contributed by atoms with E-state index in [4.69, 9.17) is 0 Å². The molecule has 2 aliphatic rings. The number of halogens is 14. The topological polar surface area (TPSA) is 105 Å². The summed E-state index contributed by atoms with van der Waals surface area (Å²) in [5.74, 6) is -22.9. The molecule has 1 unspecified atom stereocenters. The summed E-state index contributed by atoms with van der Waals surface area (Å²) < 4.78 is 188. The lowest BCUT2D eigenvalue weighted by Crippen LogP contribution is -2.61. The second-order valence-corrected chi connectivity index (χ2v) is 14.3. The van der Waals surface area contributed by atoms with Crippen molar-refractivity contribution in [1.82, 2.24) is 29.0 Å². The van der Waals surface area contributed by atoms with Crippen molar-refractivity contribution in [2.45, 2.75) is 61.4 Å². The van der Waals surface area contributed by atoms with Crippen LogP contribution in [-0.2, 0) is 19.2 Å². The minimum absolute atomic E-state index is 0.0649. The number of nitrogens with zero attached hydrogens (tertiary/aromatic N) is 4. The van der Waals surface area contributed by atoms with Crippen molar-refractivity contribution < 1.29 is 80.6 Å². The second-order valence-electron chi connectivity index (χ2n) is 11.7. The van der Waals surface area contributed by atoms with Crippen LogP contribution < -0.4 is 10.6 Å². The van der Waals surface area contributed by atoms with Crippen LogP contribution in [0.15, 0.2) is 0 Å². The Hall–Kier alpha value is -2.48. The molecule has 0 saturated carbocycles. The summed E-state index contributed by atoms with van der Waals surface area (Å²) >= 11 is -0.790. The molecule has 26 heteroatoms. The van der Waals surface area contributed by atoms with Gasteiger partial charge in [0.2, 0.25) is 0 Å². The number of hydrogen-bond acceptors (Lipinski definition) is 8. The van der Waals surface area contributed by atoms with Gasteiger partial charge in [0, 0.05) is 77.4 Å². The summed E-state index contributed by atoms with van der Waals surface area (Å²) in [6.45, 7) is -2.20. The third-order valence-electron chi connectivity index (χ3n) is 7.86. The molecular formula is C25H32F14N6O4S2. The molecule has 0 spiro atoms. The zero-order valence-corrected chi connectivity index (χ0v) is 28.3. The molecule has 2 fully saturated rings. The molecule has 1 atom stereocenters. The van der Waals surface area contributed by atoms with Crippen LogP contribution in [0, 0.1) is 5.41 Å². The van der Waals surface area contributed by atoms with Gasteiger partial charge in [-0.2, -0.15) is 52.7 Å². The average Bonchev–Trinajstić information content (AvgIpc) is 3.01. The van der Waals surface area contributed by atoms with Gasteiger partial charge in [-0.05, 0) is 20.8 Å². The van der Waals surface area contributed by atoms with Crippen LogP contribution in [0.4, 0.5) is 61.5 Å². The number of amides is 4. The van der Waals surface area contributed by atoms with Crippen LogP contribution in [0.5, 0.6) is 0 Å². The lowest BCUT2D eigenvalue weighted by molar-refractivity contribution is -0.381. The molecule has 0 aromatic heterocycles. The molecule has 2 rings (SSSR count). The van der Waals surface area contributed by atoms with Crippen molar-refractivity contribution in [2.24, 2.45) is 5.41 Å². The highest BCUT2D eigenvalue weighted by atomic mass is 32.2. The van der Waals surface area contributed by atoms with Gasteiger partial charge in [0.1, 0.15) is 5.41 Å². The summed E-state index contributed by atoms with van der Waals surface area (Å²) in [5, 5.41) is -3.50. The van der Waals surface area contributed by atoms with Crippen LogP contribution in [0.2, 0.25) is 0 Å². The van der Waals surface area contributed by atoms with Crippen LogP contribution in [0.3, 0.4) is 0 Å². The monoisotopic (exact) mass is 810 g/mol. The Balaban J connectivity index is 1.75. The van der Waals surface area contributed by atoms with Crippen molar-refractivity contribution in [3.8, 4) is 0 Å². The predicted molar refractivity (Wildman–Crippen MR) is 153 cm³/mol. The van der Waals surface area contributed by atoms with Crippen LogP contribution in [0.25, 0.3) is 0 Å². The molecule has 0 aliphatic carbocycles. The van der Waals surface area contributed by atoms with E-state index in [9.17, 15) is 80.6 Å². The zero-order valence-electron chi connectivity index (χ0n) is 26.7. The normalized spacial score (nSPS) is 18.8. The summed E-state index contributed by atoms with van der Waals surface area (Å²) in [6, 6.07) is 0. The van der Waals surface area contributed by atoms with E-state index < -0.39 is 121 Å². The molecule has 51 heavy (non-hydrogen) atoms. The van der Waals surface area contributed by atoms with E-state index in [1.165, 1.54) is 4.31 Å². The molecule has 0 aromatic rings. The van der Waals surface area contributed by atoms with Gasteiger partial charge in [0.15, 0.2) is 0 Å². The van der Waals surface area contributed by atoms with E-state index in [1.54, 1.807) is 0 Å². The summed E-state index contributed by atoms with van der Waals surface area (Å²) in [5.41, 5.74) is -3.32. The number of alkyl halides is 14. The highest BCUT2D eigenvalue weighted by molar-refractivity contribution is 7.98. The van der Waals surface area contributed by atoms with E-state index in [0.717, 1.165) is 16.7 Å². The van der Waals surface area contributed by atoms with Crippen LogP contribution in [0.1, 0.15) is 20.8 Å². The smallest absolute Gasteiger partial charge is 0.346 e.